The molecule has 1 aliphatic rings. The van der Waals surface area contributed by atoms with Crippen LogP contribution in [-0.2, 0) is 11.3 Å². The summed E-state index contributed by atoms with van der Waals surface area (Å²) >= 11 is 5.67. The summed E-state index contributed by atoms with van der Waals surface area (Å²) in [6.07, 6.45) is 1.26. The van der Waals surface area contributed by atoms with Gasteiger partial charge in [-0.2, -0.15) is 0 Å². The molecule has 0 spiro atoms. The highest BCUT2D eigenvalue weighted by molar-refractivity contribution is 6.30. The van der Waals surface area contributed by atoms with E-state index in [1.165, 1.54) is 23.1 Å². The standard InChI is InChI=1S/C14H16ClFN2O3/c15-11-6-9(3-4-12(11)16)7-17-14(21)18-5-1-2-10(8-18)13(19)20/h3-4,6,10H,1-2,5,7-8H2,(H,17,21)(H,19,20)/t10-/m1/s1. The summed E-state index contributed by atoms with van der Waals surface area (Å²) in [5.74, 6) is -1.89. The van der Waals surface area contributed by atoms with E-state index in [9.17, 15) is 14.0 Å². The number of carbonyl (C=O) groups is 2. The number of nitrogens with zero attached hydrogens (tertiary/aromatic N) is 1. The number of carboxylic acids is 1. The fourth-order valence-electron chi connectivity index (χ4n) is 2.30. The van der Waals surface area contributed by atoms with Gasteiger partial charge in [-0.15, -0.1) is 0 Å². The normalized spacial score (nSPS) is 18.4. The molecule has 7 heteroatoms. The molecule has 1 saturated heterocycles. The fraction of sp³-hybridized carbons (Fsp3) is 0.429. The zero-order valence-corrected chi connectivity index (χ0v) is 12.1. The van der Waals surface area contributed by atoms with Crippen LogP contribution in [0.25, 0.3) is 0 Å². The Bertz CT molecular complexity index is 553. The van der Waals surface area contributed by atoms with E-state index in [1.54, 1.807) is 0 Å². The minimum Gasteiger partial charge on any atom is -0.481 e. The van der Waals surface area contributed by atoms with Crippen molar-refractivity contribution in [2.45, 2.75) is 19.4 Å². The molecule has 0 saturated carbocycles. The Morgan fingerprint density at radius 3 is 2.90 bits per heavy atom. The van der Waals surface area contributed by atoms with E-state index in [-0.39, 0.29) is 24.1 Å². The Kier molecular flexibility index (Phi) is 5.01. The van der Waals surface area contributed by atoms with Gasteiger partial charge in [0.1, 0.15) is 5.82 Å². The highest BCUT2D eigenvalue weighted by atomic mass is 35.5. The maximum absolute atomic E-state index is 13.0. The molecule has 2 rings (SSSR count). The number of benzene rings is 1. The average molecular weight is 315 g/mol. The number of carbonyl (C=O) groups excluding carboxylic acids is 1. The van der Waals surface area contributed by atoms with Gasteiger partial charge >= 0.3 is 12.0 Å². The largest absolute Gasteiger partial charge is 0.481 e. The van der Waals surface area contributed by atoms with Gasteiger partial charge in [0.2, 0.25) is 0 Å². The van der Waals surface area contributed by atoms with E-state index in [0.29, 0.717) is 24.9 Å². The second-order valence-corrected chi connectivity index (χ2v) is 5.44. The predicted molar refractivity (Wildman–Crippen MR) is 75.6 cm³/mol. The van der Waals surface area contributed by atoms with Crippen molar-refractivity contribution in [2.75, 3.05) is 13.1 Å². The van der Waals surface area contributed by atoms with Gasteiger partial charge in [-0.3, -0.25) is 4.79 Å². The molecule has 1 aromatic carbocycles. The molecule has 1 aromatic rings. The molecule has 0 bridgehead atoms. The summed E-state index contributed by atoms with van der Waals surface area (Å²) in [4.78, 5) is 24.5. The molecule has 1 fully saturated rings. The van der Waals surface area contributed by atoms with Gasteiger partial charge in [-0.05, 0) is 30.5 Å². The van der Waals surface area contributed by atoms with Gasteiger partial charge in [0, 0.05) is 19.6 Å². The van der Waals surface area contributed by atoms with Crippen LogP contribution in [-0.4, -0.2) is 35.1 Å². The number of hydrogen-bond acceptors (Lipinski definition) is 2. The number of halogens is 2. The minimum atomic E-state index is -0.877. The number of urea groups is 1. The second kappa shape index (κ2) is 6.76. The number of hydrogen-bond donors (Lipinski definition) is 2. The van der Waals surface area contributed by atoms with E-state index in [4.69, 9.17) is 16.7 Å². The summed E-state index contributed by atoms with van der Waals surface area (Å²) in [6, 6.07) is 3.91. The van der Waals surface area contributed by atoms with Crippen LogP contribution in [0, 0.1) is 11.7 Å². The van der Waals surface area contributed by atoms with E-state index in [2.05, 4.69) is 5.32 Å². The second-order valence-electron chi connectivity index (χ2n) is 5.03. The Hall–Kier alpha value is -1.82. The van der Waals surface area contributed by atoms with Crippen molar-refractivity contribution >= 4 is 23.6 Å². The SMILES string of the molecule is O=C(O)[C@@H]1CCCN(C(=O)NCc2ccc(F)c(Cl)c2)C1. The van der Waals surface area contributed by atoms with Gasteiger partial charge in [0.15, 0.2) is 0 Å². The van der Waals surface area contributed by atoms with Gasteiger partial charge in [-0.1, -0.05) is 17.7 Å². The van der Waals surface area contributed by atoms with Gasteiger partial charge in [0.25, 0.3) is 0 Å². The molecule has 1 aliphatic heterocycles. The highest BCUT2D eigenvalue weighted by Crippen LogP contribution is 2.18. The molecule has 1 heterocycles. The Morgan fingerprint density at radius 1 is 1.48 bits per heavy atom. The first-order valence-corrected chi connectivity index (χ1v) is 7.04. The van der Waals surface area contributed by atoms with Crippen molar-refractivity contribution in [2.24, 2.45) is 5.92 Å². The van der Waals surface area contributed by atoms with Crippen LogP contribution in [0.2, 0.25) is 5.02 Å². The lowest BCUT2D eigenvalue weighted by atomic mass is 9.99. The van der Waals surface area contributed by atoms with Crippen molar-refractivity contribution < 1.29 is 19.1 Å². The smallest absolute Gasteiger partial charge is 0.317 e. The summed E-state index contributed by atoms with van der Waals surface area (Å²) in [7, 11) is 0. The summed E-state index contributed by atoms with van der Waals surface area (Å²) in [5, 5.41) is 11.7. The summed E-state index contributed by atoms with van der Waals surface area (Å²) in [5.41, 5.74) is 0.682. The Labute approximate surface area is 126 Å². The Morgan fingerprint density at radius 2 is 2.24 bits per heavy atom. The lowest BCUT2D eigenvalue weighted by Crippen LogP contribution is -2.46. The van der Waals surface area contributed by atoms with Crippen LogP contribution in [0.3, 0.4) is 0 Å². The molecule has 114 valence electrons. The quantitative estimate of drug-likeness (QED) is 0.900. The van der Waals surface area contributed by atoms with Crippen molar-refractivity contribution in [1.29, 1.82) is 0 Å². The number of nitrogens with one attached hydrogen (secondary N) is 1. The molecule has 21 heavy (non-hydrogen) atoms. The highest BCUT2D eigenvalue weighted by Gasteiger charge is 2.27. The number of carboxylic acid groups (broad SMARTS) is 1. The van der Waals surface area contributed by atoms with E-state index in [1.807, 2.05) is 0 Å². The van der Waals surface area contributed by atoms with Crippen LogP contribution >= 0.6 is 11.6 Å². The summed E-state index contributed by atoms with van der Waals surface area (Å²) < 4.78 is 13.0. The fourth-order valence-corrected chi connectivity index (χ4v) is 2.51. The third kappa shape index (κ3) is 4.07. The molecule has 5 nitrogen and oxygen atoms in total. The molecule has 2 amide bonds. The topological polar surface area (TPSA) is 69.6 Å². The molecular formula is C14H16ClFN2O3. The molecule has 0 aromatic heterocycles. The van der Waals surface area contributed by atoms with Crippen molar-refractivity contribution in [3.63, 3.8) is 0 Å². The van der Waals surface area contributed by atoms with Crippen LogP contribution in [0.5, 0.6) is 0 Å². The van der Waals surface area contributed by atoms with E-state index >= 15 is 0 Å². The van der Waals surface area contributed by atoms with Gasteiger partial charge in [0.05, 0.1) is 10.9 Å². The molecule has 0 unspecified atom stereocenters. The molecule has 0 aliphatic carbocycles. The minimum absolute atomic E-state index is 0.00524. The first kappa shape index (κ1) is 15.6. The third-order valence-electron chi connectivity index (χ3n) is 3.49. The van der Waals surface area contributed by atoms with Crippen molar-refractivity contribution in [3.8, 4) is 0 Å². The van der Waals surface area contributed by atoms with E-state index in [0.717, 1.165) is 0 Å². The first-order valence-electron chi connectivity index (χ1n) is 6.67. The van der Waals surface area contributed by atoms with Crippen LogP contribution in [0.1, 0.15) is 18.4 Å². The van der Waals surface area contributed by atoms with Crippen LogP contribution in [0.15, 0.2) is 18.2 Å². The summed E-state index contributed by atoms with van der Waals surface area (Å²) in [6.45, 7) is 0.970. The number of rotatable bonds is 3. The van der Waals surface area contributed by atoms with Crippen LogP contribution < -0.4 is 5.32 Å². The average Bonchev–Trinajstić information content (AvgIpc) is 2.48. The maximum Gasteiger partial charge on any atom is 0.317 e. The molecule has 0 radical (unpaired) electrons. The van der Waals surface area contributed by atoms with Gasteiger partial charge in [-0.25, -0.2) is 9.18 Å². The molecule has 1 atom stereocenters. The zero-order valence-electron chi connectivity index (χ0n) is 11.3. The van der Waals surface area contributed by atoms with Crippen molar-refractivity contribution in [3.05, 3.63) is 34.6 Å². The lowest BCUT2D eigenvalue weighted by molar-refractivity contribution is -0.143. The van der Waals surface area contributed by atoms with E-state index < -0.39 is 17.7 Å². The first-order chi connectivity index (χ1) is 9.97. The van der Waals surface area contributed by atoms with Crippen molar-refractivity contribution in [1.82, 2.24) is 10.2 Å². The number of piperidine rings is 1. The monoisotopic (exact) mass is 314 g/mol. The number of amides is 2. The number of aliphatic carboxylic acids is 1. The molecular weight excluding hydrogens is 299 g/mol. The maximum atomic E-state index is 13.0. The Balaban J connectivity index is 1.89. The van der Waals surface area contributed by atoms with Crippen LogP contribution in [0.4, 0.5) is 9.18 Å². The zero-order chi connectivity index (χ0) is 15.4. The number of likely N-dealkylation sites (tertiary alicyclic amines) is 1. The van der Waals surface area contributed by atoms with Gasteiger partial charge < -0.3 is 15.3 Å². The third-order valence-corrected chi connectivity index (χ3v) is 3.78. The lowest BCUT2D eigenvalue weighted by Gasteiger charge is -2.30. The predicted octanol–water partition coefficient (Wildman–Crippen LogP) is 2.49. The molecule has 2 N–H and O–H groups in total.